The molecule has 0 aliphatic heterocycles. The minimum atomic E-state index is 0.960. The molecule has 0 N–H and O–H groups in total. The summed E-state index contributed by atoms with van der Waals surface area (Å²) in [7, 11) is 0. The molecule has 0 spiro atoms. The Morgan fingerprint density at radius 3 is 2.50 bits per heavy atom. The fourth-order valence-corrected chi connectivity index (χ4v) is 1.73. The van der Waals surface area contributed by atoms with Gasteiger partial charge < -0.3 is 0 Å². The second-order valence-corrected chi connectivity index (χ2v) is 3.98. The summed E-state index contributed by atoms with van der Waals surface area (Å²) in [5.74, 6) is 0. The molecule has 0 heteroatoms. The summed E-state index contributed by atoms with van der Waals surface area (Å²) >= 11 is 0. The highest BCUT2D eigenvalue weighted by Gasteiger charge is 1.95. The number of benzene rings is 1. The zero-order valence-corrected chi connectivity index (χ0v) is 11.0. The van der Waals surface area contributed by atoms with Crippen LogP contribution in [-0.4, -0.2) is 0 Å². The first-order valence-corrected chi connectivity index (χ1v) is 6.13. The Labute approximate surface area is 110 Å². The zero-order chi connectivity index (χ0) is 13.4. The lowest BCUT2D eigenvalue weighted by Crippen LogP contribution is -2.21. The summed E-state index contributed by atoms with van der Waals surface area (Å²) in [5, 5.41) is 2.16. The molecule has 0 bridgehead atoms. The van der Waals surface area contributed by atoms with Gasteiger partial charge in [0.2, 0.25) is 0 Å². The van der Waals surface area contributed by atoms with Crippen molar-refractivity contribution in [2.75, 3.05) is 0 Å². The van der Waals surface area contributed by atoms with E-state index in [2.05, 4.69) is 44.9 Å². The van der Waals surface area contributed by atoms with Crippen molar-refractivity contribution in [3.8, 4) is 0 Å². The van der Waals surface area contributed by atoms with Crippen LogP contribution in [0.4, 0.5) is 0 Å². The second-order valence-electron chi connectivity index (χ2n) is 3.98. The molecule has 0 aliphatic carbocycles. The average Bonchev–Trinajstić information content (AvgIpc) is 2.40. The smallest absolute Gasteiger partial charge is 0.0184 e. The Morgan fingerprint density at radius 1 is 1.22 bits per heavy atom. The molecule has 1 rings (SSSR count). The molecule has 0 nitrogen and oxygen atoms in total. The van der Waals surface area contributed by atoms with Crippen LogP contribution in [-0.2, 0) is 0 Å². The third kappa shape index (κ3) is 3.74. The van der Waals surface area contributed by atoms with Gasteiger partial charge in [0.05, 0.1) is 0 Å². The number of hydrogen-bond acceptors (Lipinski definition) is 0. The van der Waals surface area contributed by atoms with Crippen molar-refractivity contribution < 1.29 is 0 Å². The van der Waals surface area contributed by atoms with Gasteiger partial charge in [-0.3, -0.25) is 0 Å². The summed E-state index contributed by atoms with van der Waals surface area (Å²) in [6, 6.07) is 8.09. The van der Waals surface area contributed by atoms with Crippen LogP contribution in [0.1, 0.15) is 13.3 Å². The molecule has 1 aromatic carbocycles. The maximum Gasteiger partial charge on any atom is -0.0184 e. The molecular formula is C18H20. The summed E-state index contributed by atoms with van der Waals surface area (Å²) in [6.45, 7) is 13.8. The molecule has 1 aromatic rings. The van der Waals surface area contributed by atoms with Gasteiger partial charge in [-0.15, -0.1) is 0 Å². The normalized spacial score (nSPS) is 13.5. The standard InChI is InChI=1S/C18H20/c1-5-8-12-16(6-2)17(7-3)14-18-13-10-9-11-15(18)4/h5,7-14H,1,3-4,6H2,2H3/b12-8-,17-16+,18-14-. The molecule has 0 amide bonds. The van der Waals surface area contributed by atoms with E-state index in [0.717, 1.165) is 22.4 Å². The SMILES string of the molecule is C=C\C=C/C(CC)=C(C=C)/C=c1/ccccc1=C. The van der Waals surface area contributed by atoms with Gasteiger partial charge in [0.15, 0.2) is 0 Å². The Balaban J connectivity index is 3.39. The van der Waals surface area contributed by atoms with Gasteiger partial charge in [-0.1, -0.05) is 75.2 Å². The highest BCUT2D eigenvalue weighted by Crippen LogP contribution is 2.12. The van der Waals surface area contributed by atoms with E-state index in [4.69, 9.17) is 0 Å². The van der Waals surface area contributed by atoms with Crippen molar-refractivity contribution in [1.82, 2.24) is 0 Å². The van der Waals surface area contributed by atoms with Gasteiger partial charge in [-0.05, 0) is 34.1 Å². The third-order valence-corrected chi connectivity index (χ3v) is 2.77. The molecule has 18 heavy (non-hydrogen) atoms. The highest BCUT2D eigenvalue weighted by molar-refractivity contribution is 5.57. The van der Waals surface area contributed by atoms with E-state index in [1.807, 2.05) is 30.4 Å². The topological polar surface area (TPSA) is 0 Å². The number of allylic oxidation sites excluding steroid dienone is 6. The van der Waals surface area contributed by atoms with Crippen LogP contribution in [0.3, 0.4) is 0 Å². The van der Waals surface area contributed by atoms with Gasteiger partial charge in [0, 0.05) is 0 Å². The molecule has 0 saturated heterocycles. The van der Waals surface area contributed by atoms with E-state index in [-0.39, 0.29) is 0 Å². The van der Waals surface area contributed by atoms with E-state index in [0.29, 0.717) is 0 Å². The van der Waals surface area contributed by atoms with Gasteiger partial charge in [0.1, 0.15) is 0 Å². The first kappa shape index (κ1) is 14.0. The van der Waals surface area contributed by atoms with Crippen LogP contribution in [0.5, 0.6) is 0 Å². The van der Waals surface area contributed by atoms with Gasteiger partial charge in [0.25, 0.3) is 0 Å². The predicted octanol–water partition coefficient (Wildman–Crippen LogP) is 3.51. The van der Waals surface area contributed by atoms with E-state index >= 15 is 0 Å². The van der Waals surface area contributed by atoms with Gasteiger partial charge >= 0.3 is 0 Å². The Hall–Kier alpha value is -2.08. The Bertz CT molecular complexity index is 583. The first-order valence-electron chi connectivity index (χ1n) is 6.13. The zero-order valence-electron chi connectivity index (χ0n) is 11.0. The van der Waals surface area contributed by atoms with Crippen LogP contribution in [0, 0.1) is 0 Å². The van der Waals surface area contributed by atoms with Gasteiger partial charge in [-0.2, -0.15) is 0 Å². The molecule has 92 valence electrons. The number of rotatable bonds is 5. The first-order chi connectivity index (χ1) is 8.72. The summed E-state index contributed by atoms with van der Waals surface area (Å²) in [5.41, 5.74) is 2.37. The van der Waals surface area contributed by atoms with E-state index in [1.165, 1.54) is 5.57 Å². The van der Waals surface area contributed by atoms with Crippen LogP contribution in [0.25, 0.3) is 12.7 Å². The molecule has 0 aliphatic rings. The molecule has 0 aromatic heterocycles. The second kappa shape index (κ2) is 7.29. The van der Waals surface area contributed by atoms with Gasteiger partial charge in [-0.25, -0.2) is 0 Å². The highest BCUT2D eigenvalue weighted by atomic mass is 14.0. The van der Waals surface area contributed by atoms with E-state index in [1.54, 1.807) is 6.08 Å². The van der Waals surface area contributed by atoms with Crippen LogP contribution >= 0.6 is 0 Å². The van der Waals surface area contributed by atoms with E-state index in [9.17, 15) is 0 Å². The number of hydrogen-bond donors (Lipinski definition) is 0. The molecule has 0 saturated carbocycles. The molecule has 0 radical (unpaired) electrons. The van der Waals surface area contributed by atoms with Crippen molar-refractivity contribution in [2.45, 2.75) is 13.3 Å². The maximum absolute atomic E-state index is 4.03. The molecule has 0 fully saturated rings. The quantitative estimate of drug-likeness (QED) is 0.686. The Kier molecular flexibility index (Phi) is 5.66. The minimum Gasteiger partial charge on any atom is -0.0991 e. The largest absolute Gasteiger partial charge is 0.0991 e. The van der Waals surface area contributed by atoms with Crippen LogP contribution in [0.2, 0.25) is 0 Å². The Morgan fingerprint density at radius 2 is 1.94 bits per heavy atom. The third-order valence-electron chi connectivity index (χ3n) is 2.77. The fraction of sp³-hybridized carbons (Fsp3) is 0.111. The van der Waals surface area contributed by atoms with Crippen molar-refractivity contribution in [3.05, 3.63) is 83.3 Å². The molecule has 0 atom stereocenters. The van der Waals surface area contributed by atoms with Crippen molar-refractivity contribution in [2.24, 2.45) is 0 Å². The van der Waals surface area contributed by atoms with Crippen molar-refractivity contribution in [1.29, 1.82) is 0 Å². The fourth-order valence-electron chi connectivity index (χ4n) is 1.73. The lowest BCUT2D eigenvalue weighted by atomic mass is 10.0. The monoisotopic (exact) mass is 236 g/mol. The minimum absolute atomic E-state index is 0.960. The summed E-state index contributed by atoms with van der Waals surface area (Å²) < 4.78 is 0. The van der Waals surface area contributed by atoms with Crippen LogP contribution in [0.15, 0.2) is 72.9 Å². The van der Waals surface area contributed by atoms with Crippen LogP contribution < -0.4 is 10.4 Å². The molecule has 0 unspecified atom stereocenters. The predicted molar refractivity (Wildman–Crippen MR) is 82.5 cm³/mol. The lowest BCUT2D eigenvalue weighted by molar-refractivity contribution is 1.14. The summed E-state index contributed by atoms with van der Waals surface area (Å²) in [6.07, 6.45) is 10.8. The molecule has 0 heterocycles. The average molecular weight is 236 g/mol. The van der Waals surface area contributed by atoms with Crippen molar-refractivity contribution in [3.63, 3.8) is 0 Å². The maximum atomic E-state index is 4.03. The van der Waals surface area contributed by atoms with E-state index < -0.39 is 0 Å². The summed E-state index contributed by atoms with van der Waals surface area (Å²) in [4.78, 5) is 0. The lowest BCUT2D eigenvalue weighted by Gasteiger charge is -2.02. The molecular weight excluding hydrogens is 216 g/mol. The van der Waals surface area contributed by atoms with Crippen molar-refractivity contribution >= 4 is 12.7 Å².